The molecule has 0 fully saturated rings. The van der Waals surface area contributed by atoms with E-state index in [-0.39, 0.29) is 0 Å². The van der Waals surface area contributed by atoms with E-state index in [1.54, 1.807) is 0 Å². The van der Waals surface area contributed by atoms with Gasteiger partial charge in [0, 0.05) is 15.4 Å². The average Bonchev–Trinajstić information content (AvgIpc) is 2.38. The van der Waals surface area contributed by atoms with Crippen molar-refractivity contribution in [3.05, 3.63) is 57.2 Å². The molecule has 0 radical (unpaired) electrons. The van der Waals surface area contributed by atoms with Gasteiger partial charge in [0.2, 0.25) is 0 Å². The fourth-order valence-corrected chi connectivity index (χ4v) is 2.89. The molecule has 1 heterocycles. The van der Waals surface area contributed by atoms with Gasteiger partial charge in [0.05, 0.1) is 5.52 Å². The number of halogens is 2. The van der Waals surface area contributed by atoms with Crippen molar-refractivity contribution >= 4 is 38.4 Å². The Labute approximate surface area is 131 Å². The fraction of sp³-hybridized carbons (Fsp3) is 0.125. The summed E-state index contributed by atoms with van der Waals surface area (Å²) in [5, 5.41) is 1.33. The number of aromatic nitrogens is 2. The van der Waals surface area contributed by atoms with E-state index in [4.69, 9.17) is 11.6 Å². The number of fused-ring (bicyclic) bond motifs is 1. The Bertz CT molecular complexity index is 795. The predicted octanol–water partition coefficient (Wildman–Crippen LogP) is 5.33. The Morgan fingerprint density at radius 2 is 1.65 bits per heavy atom. The summed E-state index contributed by atoms with van der Waals surface area (Å²) in [6, 6.07) is 12.1. The molecule has 4 heteroatoms. The number of aryl methyl sites for hydroxylation is 2. The molecule has 0 aliphatic carbocycles. The highest BCUT2D eigenvalue weighted by Crippen LogP contribution is 2.28. The highest BCUT2D eigenvalue weighted by atomic mass is 79.9. The van der Waals surface area contributed by atoms with Gasteiger partial charge in [-0.05, 0) is 44.2 Å². The standard InChI is InChI=1S/C16H12BrClN2/c1-9-5-10(2)7-11(6-9)16-19-14-4-3-12(17)8-13(14)15(18)20-16/h3-8H,1-2H3. The summed E-state index contributed by atoms with van der Waals surface area (Å²) in [6.07, 6.45) is 0. The highest BCUT2D eigenvalue weighted by Gasteiger charge is 2.09. The third-order valence-corrected chi connectivity index (χ3v) is 3.87. The maximum atomic E-state index is 6.29. The van der Waals surface area contributed by atoms with Gasteiger partial charge in [-0.2, -0.15) is 0 Å². The summed E-state index contributed by atoms with van der Waals surface area (Å²) in [5.41, 5.74) is 4.22. The minimum atomic E-state index is 0.477. The summed E-state index contributed by atoms with van der Waals surface area (Å²) in [6.45, 7) is 4.13. The Morgan fingerprint density at radius 3 is 2.35 bits per heavy atom. The third kappa shape index (κ3) is 2.56. The molecule has 2 nitrogen and oxygen atoms in total. The molecule has 0 saturated carbocycles. The highest BCUT2D eigenvalue weighted by molar-refractivity contribution is 9.10. The van der Waals surface area contributed by atoms with Crippen LogP contribution in [0, 0.1) is 13.8 Å². The summed E-state index contributed by atoms with van der Waals surface area (Å²) >= 11 is 9.73. The number of hydrogen-bond acceptors (Lipinski definition) is 2. The van der Waals surface area contributed by atoms with Crippen LogP contribution in [0.25, 0.3) is 22.3 Å². The third-order valence-electron chi connectivity index (χ3n) is 3.09. The van der Waals surface area contributed by atoms with E-state index in [0.717, 1.165) is 20.9 Å². The minimum absolute atomic E-state index is 0.477. The molecule has 0 aliphatic rings. The lowest BCUT2D eigenvalue weighted by molar-refractivity contribution is 1.22. The van der Waals surface area contributed by atoms with E-state index in [1.165, 1.54) is 11.1 Å². The molecule has 1 aromatic heterocycles. The van der Waals surface area contributed by atoms with Crippen LogP contribution in [0.3, 0.4) is 0 Å². The minimum Gasteiger partial charge on any atom is -0.228 e. The van der Waals surface area contributed by atoms with Gasteiger partial charge < -0.3 is 0 Å². The lowest BCUT2D eigenvalue weighted by Crippen LogP contribution is -1.93. The van der Waals surface area contributed by atoms with Gasteiger partial charge >= 0.3 is 0 Å². The molecule has 0 saturated heterocycles. The SMILES string of the molecule is Cc1cc(C)cc(-c2nc(Cl)c3cc(Br)ccc3n2)c1. The molecule has 20 heavy (non-hydrogen) atoms. The van der Waals surface area contributed by atoms with Crippen molar-refractivity contribution in [1.29, 1.82) is 0 Å². The van der Waals surface area contributed by atoms with Gasteiger partial charge in [-0.25, -0.2) is 9.97 Å². The smallest absolute Gasteiger partial charge is 0.161 e. The molecule has 0 aliphatic heterocycles. The Balaban J connectivity index is 2.24. The number of hydrogen-bond donors (Lipinski definition) is 0. The summed E-state index contributed by atoms with van der Waals surface area (Å²) < 4.78 is 0.967. The molecular formula is C16H12BrClN2. The van der Waals surface area contributed by atoms with Crippen LogP contribution in [0.4, 0.5) is 0 Å². The van der Waals surface area contributed by atoms with Crippen molar-refractivity contribution in [1.82, 2.24) is 9.97 Å². The Kier molecular flexibility index (Phi) is 3.48. The molecule has 0 spiro atoms. The molecule has 0 amide bonds. The van der Waals surface area contributed by atoms with Crippen molar-refractivity contribution in [3.8, 4) is 11.4 Å². The maximum absolute atomic E-state index is 6.29. The first-order valence-electron chi connectivity index (χ1n) is 6.24. The molecule has 0 unspecified atom stereocenters. The van der Waals surface area contributed by atoms with Gasteiger partial charge in [0.15, 0.2) is 5.82 Å². The van der Waals surface area contributed by atoms with Gasteiger partial charge in [0.1, 0.15) is 5.15 Å². The second-order valence-corrected chi connectivity index (χ2v) is 6.15. The van der Waals surface area contributed by atoms with Crippen LogP contribution in [0.2, 0.25) is 5.15 Å². The lowest BCUT2D eigenvalue weighted by atomic mass is 10.1. The Morgan fingerprint density at radius 1 is 0.950 bits per heavy atom. The number of rotatable bonds is 1. The topological polar surface area (TPSA) is 25.8 Å². The van der Waals surface area contributed by atoms with Crippen LogP contribution < -0.4 is 0 Å². The average molecular weight is 348 g/mol. The zero-order valence-electron chi connectivity index (χ0n) is 11.1. The molecule has 3 aromatic rings. The summed E-state index contributed by atoms with van der Waals surface area (Å²) in [7, 11) is 0. The van der Waals surface area contributed by atoms with Crippen LogP contribution in [0.1, 0.15) is 11.1 Å². The largest absolute Gasteiger partial charge is 0.228 e. The number of benzene rings is 2. The van der Waals surface area contributed by atoms with E-state index >= 15 is 0 Å². The zero-order chi connectivity index (χ0) is 14.3. The van der Waals surface area contributed by atoms with E-state index in [1.807, 2.05) is 18.2 Å². The van der Waals surface area contributed by atoms with Gasteiger partial charge in [-0.3, -0.25) is 0 Å². The van der Waals surface area contributed by atoms with Gasteiger partial charge in [-0.1, -0.05) is 44.7 Å². The predicted molar refractivity (Wildman–Crippen MR) is 87.2 cm³/mol. The van der Waals surface area contributed by atoms with E-state index in [2.05, 4.69) is 57.9 Å². The molecule has 2 aromatic carbocycles. The van der Waals surface area contributed by atoms with Crippen molar-refractivity contribution in [2.24, 2.45) is 0 Å². The van der Waals surface area contributed by atoms with Crippen molar-refractivity contribution in [3.63, 3.8) is 0 Å². The molecular weight excluding hydrogens is 336 g/mol. The lowest BCUT2D eigenvalue weighted by Gasteiger charge is -2.07. The van der Waals surface area contributed by atoms with E-state index in [0.29, 0.717) is 11.0 Å². The van der Waals surface area contributed by atoms with Crippen molar-refractivity contribution in [2.75, 3.05) is 0 Å². The summed E-state index contributed by atoms with van der Waals surface area (Å²) in [5.74, 6) is 0.664. The quantitative estimate of drug-likeness (QED) is 0.556. The van der Waals surface area contributed by atoms with Crippen LogP contribution in [0.5, 0.6) is 0 Å². The van der Waals surface area contributed by atoms with Crippen LogP contribution in [0.15, 0.2) is 40.9 Å². The molecule has 3 rings (SSSR count). The van der Waals surface area contributed by atoms with Crippen LogP contribution in [-0.4, -0.2) is 9.97 Å². The number of nitrogens with zero attached hydrogens (tertiary/aromatic N) is 2. The molecule has 0 bridgehead atoms. The first kappa shape index (κ1) is 13.5. The molecule has 100 valence electrons. The second-order valence-electron chi connectivity index (χ2n) is 4.88. The monoisotopic (exact) mass is 346 g/mol. The first-order valence-corrected chi connectivity index (χ1v) is 7.41. The molecule has 0 N–H and O–H groups in total. The normalized spacial score (nSPS) is 11.0. The van der Waals surface area contributed by atoms with Crippen LogP contribution in [-0.2, 0) is 0 Å². The van der Waals surface area contributed by atoms with Crippen molar-refractivity contribution in [2.45, 2.75) is 13.8 Å². The fourth-order valence-electron chi connectivity index (χ4n) is 2.30. The first-order chi connectivity index (χ1) is 9.52. The van der Waals surface area contributed by atoms with Crippen LogP contribution >= 0.6 is 27.5 Å². The van der Waals surface area contributed by atoms with Gasteiger partial charge in [0.25, 0.3) is 0 Å². The zero-order valence-corrected chi connectivity index (χ0v) is 13.5. The Hall–Kier alpha value is -1.45. The van der Waals surface area contributed by atoms with Crippen molar-refractivity contribution < 1.29 is 0 Å². The van der Waals surface area contributed by atoms with E-state index in [9.17, 15) is 0 Å². The van der Waals surface area contributed by atoms with Gasteiger partial charge in [-0.15, -0.1) is 0 Å². The van der Waals surface area contributed by atoms with E-state index < -0.39 is 0 Å². The maximum Gasteiger partial charge on any atom is 0.161 e. The summed E-state index contributed by atoms with van der Waals surface area (Å²) in [4.78, 5) is 9.04. The second kappa shape index (κ2) is 5.15. The molecule has 0 atom stereocenters.